The predicted octanol–water partition coefficient (Wildman–Crippen LogP) is 2.21. The van der Waals surface area contributed by atoms with Crippen LogP contribution < -0.4 is 20.5 Å². The van der Waals surface area contributed by atoms with Gasteiger partial charge in [0, 0.05) is 26.3 Å². The third-order valence-corrected chi connectivity index (χ3v) is 3.58. The van der Waals surface area contributed by atoms with Gasteiger partial charge in [0.2, 0.25) is 0 Å². The number of nitrogens with two attached hydrogens (primary N) is 1. The molecule has 136 valence electrons. The number of aliphatic imine (C=N–C) groups is 1. The molecule has 1 aromatic rings. The topological polar surface area (TPSA) is 78.1 Å². The molecule has 0 saturated carbocycles. The van der Waals surface area contributed by atoms with Crippen molar-refractivity contribution in [1.82, 2.24) is 5.32 Å². The number of hydrogen-bond donors (Lipinski definition) is 2. The summed E-state index contributed by atoms with van der Waals surface area (Å²) in [7, 11) is 3.28. The van der Waals surface area contributed by atoms with Gasteiger partial charge in [-0.2, -0.15) is 0 Å². The molecular formula is C18H31N3O3. The molecule has 1 rings (SSSR count). The zero-order chi connectivity index (χ0) is 17.8. The highest BCUT2D eigenvalue weighted by Gasteiger charge is 2.08. The summed E-state index contributed by atoms with van der Waals surface area (Å²) in [5.74, 6) is 2.37. The van der Waals surface area contributed by atoms with Crippen molar-refractivity contribution in [3.63, 3.8) is 0 Å². The minimum atomic E-state index is 0.381. The van der Waals surface area contributed by atoms with E-state index in [2.05, 4.69) is 23.3 Å². The minimum absolute atomic E-state index is 0.381. The van der Waals surface area contributed by atoms with Gasteiger partial charge in [-0.1, -0.05) is 13.0 Å². The summed E-state index contributed by atoms with van der Waals surface area (Å²) in [6.45, 7) is 7.09. The molecule has 0 aliphatic heterocycles. The Morgan fingerprint density at radius 3 is 2.67 bits per heavy atom. The van der Waals surface area contributed by atoms with Crippen molar-refractivity contribution in [2.45, 2.75) is 26.7 Å². The molecular weight excluding hydrogens is 306 g/mol. The molecule has 0 amide bonds. The number of guanidine groups is 1. The van der Waals surface area contributed by atoms with E-state index in [9.17, 15) is 0 Å². The number of nitrogens with zero attached hydrogens (tertiary/aromatic N) is 1. The van der Waals surface area contributed by atoms with E-state index in [1.54, 1.807) is 14.2 Å². The van der Waals surface area contributed by atoms with Crippen LogP contribution in [-0.4, -0.2) is 46.5 Å². The fourth-order valence-electron chi connectivity index (χ4n) is 2.32. The lowest BCUT2D eigenvalue weighted by Crippen LogP contribution is -2.33. The van der Waals surface area contributed by atoms with Gasteiger partial charge in [0.05, 0.1) is 14.2 Å². The van der Waals surface area contributed by atoms with E-state index in [-0.39, 0.29) is 0 Å². The lowest BCUT2D eigenvalue weighted by atomic mass is 10.0. The molecule has 0 spiro atoms. The van der Waals surface area contributed by atoms with Crippen molar-refractivity contribution in [3.05, 3.63) is 23.8 Å². The third kappa shape index (κ3) is 7.55. The zero-order valence-corrected chi connectivity index (χ0v) is 15.3. The molecule has 24 heavy (non-hydrogen) atoms. The average molecular weight is 337 g/mol. The van der Waals surface area contributed by atoms with E-state index in [0.29, 0.717) is 18.4 Å². The van der Waals surface area contributed by atoms with Crippen LogP contribution in [0.1, 0.15) is 25.8 Å². The molecule has 1 unspecified atom stereocenters. The number of ether oxygens (including phenoxy) is 3. The van der Waals surface area contributed by atoms with E-state index in [1.807, 2.05) is 19.1 Å². The number of hydrogen-bond acceptors (Lipinski definition) is 4. The molecule has 0 saturated heterocycles. The molecule has 1 atom stereocenters. The maximum absolute atomic E-state index is 5.88. The smallest absolute Gasteiger partial charge is 0.188 e. The predicted molar refractivity (Wildman–Crippen MR) is 98.0 cm³/mol. The Morgan fingerprint density at radius 1 is 1.25 bits per heavy atom. The van der Waals surface area contributed by atoms with E-state index in [4.69, 9.17) is 19.9 Å². The Morgan fingerprint density at radius 2 is 2.00 bits per heavy atom. The molecule has 0 heterocycles. The van der Waals surface area contributed by atoms with E-state index in [1.165, 1.54) is 5.56 Å². The highest BCUT2D eigenvalue weighted by Crippen LogP contribution is 2.28. The van der Waals surface area contributed by atoms with Crippen molar-refractivity contribution in [2.75, 3.05) is 40.5 Å². The van der Waals surface area contributed by atoms with Gasteiger partial charge >= 0.3 is 0 Å². The van der Waals surface area contributed by atoms with Gasteiger partial charge in [-0.15, -0.1) is 0 Å². The maximum atomic E-state index is 5.88. The van der Waals surface area contributed by atoms with Crippen molar-refractivity contribution >= 4 is 5.96 Å². The van der Waals surface area contributed by atoms with Gasteiger partial charge < -0.3 is 25.3 Å². The summed E-state index contributed by atoms with van der Waals surface area (Å²) in [5, 5.41) is 3.11. The van der Waals surface area contributed by atoms with Crippen LogP contribution in [0.5, 0.6) is 11.5 Å². The number of benzene rings is 1. The molecule has 0 fully saturated rings. The highest BCUT2D eigenvalue weighted by molar-refractivity contribution is 5.77. The molecule has 0 aliphatic carbocycles. The summed E-state index contributed by atoms with van der Waals surface area (Å²) in [6, 6.07) is 5.99. The quantitative estimate of drug-likeness (QED) is 0.368. The lowest BCUT2D eigenvalue weighted by molar-refractivity contribution is 0.145. The number of methoxy groups -OCH3 is 2. The van der Waals surface area contributed by atoms with Gasteiger partial charge in [0.15, 0.2) is 17.5 Å². The number of rotatable bonds is 11. The molecule has 0 radical (unpaired) electrons. The Labute approximate surface area is 145 Å². The number of nitrogens with one attached hydrogen (secondary N) is 1. The van der Waals surface area contributed by atoms with E-state index in [0.717, 1.165) is 44.1 Å². The largest absolute Gasteiger partial charge is 0.493 e. The van der Waals surface area contributed by atoms with Crippen molar-refractivity contribution < 1.29 is 14.2 Å². The van der Waals surface area contributed by atoms with Crippen LogP contribution in [0.4, 0.5) is 0 Å². The van der Waals surface area contributed by atoms with E-state index < -0.39 is 0 Å². The molecule has 3 N–H and O–H groups in total. The summed E-state index contributed by atoms with van der Waals surface area (Å²) < 4.78 is 15.9. The molecule has 0 aromatic heterocycles. The summed E-state index contributed by atoms with van der Waals surface area (Å²) in [4.78, 5) is 4.40. The minimum Gasteiger partial charge on any atom is -0.493 e. The lowest BCUT2D eigenvalue weighted by Gasteiger charge is -2.13. The third-order valence-electron chi connectivity index (χ3n) is 3.58. The molecule has 1 aromatic carbocycles. The average Bonchev–Trinajstić information content (AvgIpc) is 2.59. The summed E-state index contributed by atoms with van der Waals surface area (Å²) in [5.41, 5.74) is 7.07. The maximum Gasteiger partial charge on any atom is 0.188 e. The monoisotopic (exact) mass is 337 g/mol. The van der Waals surface area contributed by atoms with Crippen molar-refractivity contribution in [2.24, 2.45) is 16.6 Å². The Balaban J connectivity index is 2.39. The van der Waals surface area contributed by atoms with Gasteiger partial charge in [0.25, 0.3) is 0 Å². The van der Waals surface area contributed by atoms with Gasteiger partial charge in [0.1, 0.15) is 0 Å². The molecule has 0 bridgehead atoms. The fraction of sp³-hybridized carbons (Fsp3) is 0.611. The second-order valence-electron chi connectivity index (χ2n) is 5.70. The normalized spacial score (nSPS) is 12.8. The Bertz CT molecular complexity index is 506. The standard InChI is InChI=1S/C18H31N3O3/c1-5-24-10-6-9-20-18(19)21-13-14(2)11-15-7-8-16(22-3)17(12-15)23-4/h7-8,12,14H,5-6,9-11,13H2,1-4H3,(H3,19,20,21). The van der Waals surface area contributed by atoms with Gasteiger partial charge in [-0.3, -0.25) is 4.99 Å². The molecule has 0 aliphatic rings. The Kier molecular flexibility index (Phi) is 9.68. The first-order valence-corrected chi connectivity index (χ1v) is 8.43. The van der Waals surface area contributed by atoms with Crippen molar-refractivity contribution in [3.8, 4) is 11.5 Å². The van der Waals surface area contributed by atoms with Crippen LogP contribution in [0.15, 0.2) is 23.2 Å². The van der Waals surface area contributed by atoms with Crippen LogP contribution in [0.3, 0.4) is 0 Å². The fourth-order valence-corrected chi connectivity index (χ4v) is 2.32. The van der Waals surface area contributed by atoms with Gasteiger partial charge in [-0.25, -0.2) is 0 Å². The SMILES string of the molecule is CCOCCCNC(N)=NCC(C)Cc1ccc(OC)c(OC)c1. The second-order valence-corrected chi connectivity index (χ2v) is 5.70. The first-order valence-electron chi connectivity index (χ1n) is 8.43. The molecule has 6 heteroatoms. The van der Waals surface area contributed by atoms with Crippen LogP contribution in [0.25, 0.3) is 0 Å². The molecule has 6 nitrogen and oxygen atoms in total. The zero-order valence-electron chi connectivity index (χ0n) is 15.3. The second kappa shape index (κ2) is 11.6. The van der Waals surface area contributed by atoms with Crippen molar-refractivity contribution in [1.29, 1.82) is 0 Å². The van der Waals surface area contributed by atoms with Crippen LogP contribution >= 0.6 is 0 Å². The van der Waals surface area contributed by atoms with Crippen LogP contribution in [-0.2, 0) is 11.2 Å². The first kappa shape index (κ1) is 20.1. The van der Waals surface area contributed by atoms with Crippen LogP contribution in [0.2, 0.25) is 0 Å². The summed E-state index contributed by atoms with van der Waals surface area (Å²) >= 11 is 0. The van der Waals surface area contributed by atoms with E-state index >= 15 is 0 Å². The highest BCUT2D eigenvalue weighted by atomic mass is 16.5. The van der Waals surface area contributed by atoms with Gasteiger partial charge in [-0.05, 0) is 43.4 Å². The summed E-state index contributed by atoms with van der Waals surface area (Å²) in [6.07, 6.45) is 1.83. The first-order chi connectivity index (χ1) is 11.6. The Hall–Kier alpha value is -1.95. The van der Waals surface area contributed by atoms with Crippen LogP contribution in [0, 0.1) is 5.92 Å².